The molecule has 4 heteroatoms. The predicted molar refractivity (Wildman–Crippen MR) is 227 cm³/mol. The van der Waals surface area contributed by atoms with Crippen molar-refractivity contribution >= 4 is 68.6 Å². The van der Waals surface area contributed by atoms with Gasteiger partial charge < -0.3 is 14.7 Å². The molecule has 0 saturated heterocycles. The minimum Gasteiger partial charge on any atom is -0.335 e. The van der Waals surface area contributed by atoms with E-state index in [0.717, 1.165) is 0 Å². The van der Waals surface area contributed by atoms with Crippen LogP contribution < -0.4 is 31.1 Å². The molecule has 4 aliphatic rings. The van der Waals surface area contributed by atoms with Gasteiger partial charge in [0.2, 0.25) is 0 Å². The Kier molecular flexibility index (Phi) is 6.97. The number of anilines is 8. The van der Waals surface area contributed by atoms with Crippen LogP contribution in [0, 0.1) is 34.6 Å². The fourth-order valence-corrected chi connectivity index (χ4v) is 10.7. The van der Waals surface area contributed by atoms with E-state index in [9.17, 15) is 0 Å². The summed E-state index contributed by atoms with van der Waals surface area (Å²) in [7, 11) is 0. The van der Waals surface area contributed by atoms with Gasteiger partial charge in [-0.3, -0.25) is 0 Å². The third-order valence-electron chi connectivity index (χ3n) is 13.4. The normalized spacial score (nSPS) is 20.5. The van der Waals surface area contributed by atoms with Gasteiger partial charge in [0.1, 0.15) is 0 Å². The molecule has 3 heterocycles. The monoisotopic (exact) mass is 689 g/mol. The standard InChI is InChI=1S/C49H48BN3/c1-31-16-19-36(20-17-31)52-43-21-18-34(4)27-41(43)50-42-28-35(5)26-40-47(42)53(49(7)23-9-8-22-48(40,49)6)45-30-39(29-44(52)46(45)50)51(37-14-10-12-32(2)24-37)38-15-11-13-33(3)25-38/h10-21,24-30H,8-9,22-23H2,1-7H3. The van der Waals surface area contributed by atoms with E-state index in [2.05, 4.69) is 178 Å². The molecule has 53 heavy (non-hydrogen) atoms. The first-order chi connectivity index (χ1) is 25.6. The minimum absolute atomic E-state index is 0.0490. The molecule has 0 radical (unpaired) electrons. The van der Waals surface area contributed by atoms with Crippen LogP contribution in [0.25, 0.3) is 0 Å². The Morgan fingerprint density at radius 1 is 0.547 bits per heavy atom. The van der Waals surface area contributed by atoms with E-state index in [0.29, 0.717) is 0 Å². The maximum Gasteiger partial charge on any atom is 0.252 e. The van der Waals surface area contributed by atoms with Crippen molar-refractivity contribution in [2.75, 3.05) is 14.7 Å². The molecule has 2 atom stereocenters. The lowest BCUT2D eigenvalue weighted by molar-refractivity contribution is 0.195. The van der Waals surface area contributed by atoms with Crippen LogP contribution >= 0.6 is 0 Å². The smallest absolute Gasteiger partial charge is 0.252 e. The Hall–Kier alpha value is -5.22. The molecule has 0 amide bonds. The molecule has 0 bridgehead atoms. The summed E-state index contributed by atoms with van der Waals surface area (Å²) in [5, 5.41) is 0. The van der Waals surface area contributed by atoms with E-state index >= 15 is 0 Å². The van der Waals surface area contributed by atoms with Crippen molar-refractivity contribution in [3.05, 3.63) is 149 Å². The van der Waals surface area contributed by atoms with Gasteiger partial charge in [-0.25, -0.2) is 0 Å². The number of fused-ring (bicyclic) bond motifs is 7. The second-order valence-corrected chi connectivity index (χ2v) is 17.0. The Morgan fingerprint density at radius 3 is 1.87 bits per heavy atom. The third-order valence-corrected chi connectivity index (χ3v) is 13.4. The first kappa shape index (κ1) is 32.4. The van der Waals surface area contributed by atoms with Crippen LogP contribution in [0.4, 0.5) is 45.5 Å². The zero-order valence-electron chi connectivity index (χ0n) is 32.2. The van der Waals surface area contributed by atoms with Gasteiger partial charge in [0.05, 0.1) is 11.2 Å². The Balaban J connectivity index is 1.35. The quantitative estimate of drug-likeness (QED) is 0.170. The molecule has 0 aromatic heterocycles. The molecular weight excluding hydrogens is 641 g/mol. The predicted octanol–water partition coefficient (Wildman–Crippen LogP) is 11.1. The lowest BCUT2D eigenvalue weighted by Crippen LogP contribution is -2.64. The van der Waals surface area contributed by atoms with E-state index in [1.54, 1.807) is 5.56 Å². The highest BCUT2D eigenvalue weighted by Gasteiger charge is 2.61. The molecule has 1 saturated carbocycles. The lowest BCUT2D eigenvalue weighted by Gasteiger charge is -2.53. The van der Waals surface area contributed by atoms with Crippen LogP contribution in [0.2, 0.25) is 0 Å². The van der Waals surface area contributed by atoms with Gasteiger partial charge in [-0.15, -0.1) is 0 Å². The zero-order chi connectivity index (χ0) is 36.4. The van der Waals surface area contributed by atoms with E-state index in [1.165, 1.54) is 115 Å². The molecule has 1 fully saturated rings. The first-order valence-corrected chi connectivity index (χ1v) is 19.6. The van der Waals surface area contributed by atoms with E-state index < -0.39 is 0 Å². The minimum atomic E-state index is -0.0490. The number of rotatable bonds is 4. The highest BCUT2D eigenvalue weighted by molar-refractivity contribution is 7.00. The SMILES string of the molecule is Cc1ccc(N2c3ccc(C)cc3B3c4cc(C)cc5c4N(c4cc(N(c6cccc(C)c6)c6cccc(C)c6)cc2c43)C2(C)CCCCC52C)cc1. The van der Waals surface area contributed by atoms with E-state index in [1.807, 2.05) is 0 Å². The average molecular weight is 690 g/mol. The lowest BCUT2D eigenvalue weighted by atomic mass is 9.33. The van der Waals surface area contributed by atoms with Crippen molar-refractivity contribution in [1.29, 1.82) is 0 Å². The third kappa shape index (κ3) is 4.54. The molecule has 0 N–H and O–H groups in total. The Morgan fingerprint density at radius 2 is 1.17 bits per heavy atom. The van der Waals surface area contributed by atoms with Crippen molar-refractivity contribution in [1.82, 2.24) is 0 Å². The van der Waals surface area contributed by atoms with Gasteiger partial charge in [-0.1, -0.05) is 97.1 Å². The zero-order valence-corrected chi connectivity index (χ0v) is 32.2. The largest absolute Gasteiger partial charge is 0.335 e. The van der Waals surface area contributed by atoms with Gasteiger partial charge in [0, 0.05) is 45.2 Å². The Bertz CT molecular complexity index is 2440. The molecule has 2 unspecified atom stereocenters. The van der Waals surface area contributed by atoms with Crippen LogP contribution in [0.1, 0.15) is 72.9 Å². The highest BCUT2D eigenvalue weighted by Crippen LogP contribution is 2.62. The maximum absolute atomic E-state index is 2.86. The first-order valence-electron chi connectivity index (χ1n) is 19.6. The fourth-order valence-electron chi connectivity index (χ4n) is 10.7. The number of hydrogen-bond acceptors (Lipinski definition) is 3. The summed E-state index contributed by atoms with van der Waals surface area (Å²) < 4.78 is 0. The molecule has 3 nitrogen and oxygen atoms in total. The van der Waals surface area contributed by atoms with Gasteiger partial charge in [-0.05, 0) is 142 Å². The maximum atomic E-state index is 2.86. The molecule has 262 valence electrons. The van der Waals surface area contributed by atoms with Crippen molar-refractivity contribution in [3.8, 4) is 0 Å². The second-order valence-electron chi connectivity index (χ2n) is 17.0. The summed E-state index contributed by atoms with van der Waals surface area (Å²) in [4.78, 5) is 7.92. The topological polar surface area (TPSA) is 9.72 Å². The second kappa shape index (κ2) is 11.4. The van der Waals surface area contributed by atoms with E-state index in [4.69, 9.17) is 0 Å². The van der Waals surface area contributed by atoms with Gasteiger partial charge >= 0.3 is 0 Å². The van der Waals surface area contributed by atoms with Crippen LogP contribution in [0.3, 0.4) is 0 Å². The van der Waals surface area contributed by atoms with Crippen molar-refractivity contribution < 1.29 is 0 Å². The number of hydrogen-bond donors (Lipinski definition) is 0. The van der Waals surface area contributed by atoms with Crippen molar-refractivity contribution in [2.24, 2.45) is 0 Å². The summed E-state index contributed by atoms with van der Waals surface area (Å²) in [6.07, 6.45) is 4.93. The molecule has 6 aromatic carbocycles. The molecule has 6 aromatic rings. The van der Waals surface area contributed by atoms with Crippen LogP contribution in [-0.4, -0.2) is 12.3 Å². The highest BCUT2D eigenvalue weighted by atomic mass is 15.3. The molecular formula is C49H48BN3. The molecule has 3 aliphatic heterocycles. The van der Waals surface area contributed by atoms with Gasteiger partial charge in [0.25, 0.3) is 6.71 Å². The van der Waals surface area contributed by atoms with Crippen molar-refractivity contribution in [3.63, 3.8) is 0 Å². The molecule has 1 aliphatic carbocycles. The van der Waals surface area contributed by atoms with Gasteiger partial charge in [-0.2, -0.15) is 0 Å². The van der Waals surface area contributed by atoms with Crippen LogP contribution in [-0.2, 0) is 5.41 Å². The summed E-state index contributed by atoms with van der Waals surface area (Å²) in [6, 6.07) is 44.4. The Labute approximate surface area is 316 Å². The molecule has 10 rings (SSSR count). The summed E-state index contributed by atoms with van der Waals surface area (Å²) in [6.45, 7) is 16.5. The van der Waals surface area contributed by atoms with Crippen LogP contribution in [0.15, 0.2) is 115 Å². The summed E-state index contributed by atoms with van der Waals surface area (Å²) in [5.74, 6) is 0. The molecule has 0 spiro atoms. The van der Waals surface area contributed by atoms with Crippen molar-refractivity contribution in [2.45, 2.75) is 85.1 Å². The summed E-state index contributed by atoms with van der Waals surface area (Å²) >= 11 is 0. The number of aryl methyl sites for hydroxylation is 5. The van der Waals surface area contributed by atoms with Crippen LogP contribution in [0.5, 0.6) is 0 Å². The van der Waals surface area contributed by atoms with Gasteiger partial charge in [0.15, 0.2) is 0 Å². The number of nitrogens with zero attached hydrogens (tertiary/aromatic N) is 3. The fraction of sp³-hybridized carbons (Fsp3) is 0.265. The number of benzene rings is 6. The average Bonchev–Trinajstić information content (AvgIpc) is 3.34. The van der Waals surface area contributed by atoms with E-state index in [-0.39, 0.29) is 17.7 Å². The summed E-state index contributed by atoms with van der Waals surface area (Å²) in [5.41, 5.74) is 22.4.